The number of rotatable bonds is 5. The van der Waals surface area contributed by atoms with Gasteiger partial charge in [-0.25, -0.2) is 0 Å². The third kappa shape index (κ3) is 5.14. The number of piperidine rings is 2. The van der Waals surface area contributed by atoms with Gasteiger partial charge in [0.15, 0.2) is 0 Å². The van der Waals surface area contributed by atoms with E-state index in [-0.39, 0.29) is 6.54 Å². The zero-order valence-corrected chi connectivity index (χ0v) is 14.3. The lowest BCUT2D eigenvalue weighted by Crippen LogP contribution is -2.54. The summed E-state index contributed by atoms with van der Waals surface area (Å²) in [5, 5.41) is 12.3. The van der Waals surface area contributed by atoms with E-state index in [4.69, 9.17) is 5.11 Å². The van der Waals surface area contributed by atoms with Crippen LogP contribution in [0.1, 0.15) is 25.7 Å². The minimum atomic E-state index is -0.699. The molecule has 6 nitrogen and oxygen atoms in total. The summed E-state index contributed by atoms with van der Waals surface area (Å²) >= 11 is 0. The van der Waals surface area contributed by atoms with Crippen molar-refractivity contribution in [2.24, 2.45) is 5.92 Å². The molecule has 0 amide bonds. The molecule has 0 aromatic rings. The summed E-state index contributed by atoms with van der Waals surface area (Å²) < 4.78 is 0. The van der Waals surface area contributed by atoms with Crippen LogP contribution in [0, 0.1) is 5.92 Å². The summed E-state index contributed by atoms with van der Waals surface area (Å²) in [5.74, 6) is 0.192. The molecule has 3 heterocycles. The first kappa shape index (κ1) is 17.1. The van der Waals surface area contributed by atoms with Crippen molar-refractivity contribution in [1.82, 2.24) is 20.0 Å². The number of hydrogen-bond acceptors (Lipinski definition) is 5. The maximum Gasteiger partial charge on any atom is 0.317 e. The Kier molecular flexibility index (Phi) is 6.28. The number of carboxylic acid groups (broad SMARTS) is 1. The minimum Gasteiger partial charge on any atom is -0.480 e. The van der Waals surface area contributed by atoms with Gasteiger partial charge in [-0.3, -0.25) is 14.6 Å². The Labute approximate surface area is 139 Å². The predicted molar refractivity (Wildman–Crippen MR) is 90.7 cm³/mol. The van der Waals surface area contributed by atoms with Crippen LogP contribution in [0.4, 0.5) is 0 Å². The molecule has 0 radical (unpaired) electrons. The van der Waals surface area contributed by atoms with Crippen molar-refractivity contribution in [3.8, 4) is 0 Å². The zero-order valence-electron chi connectivity index (χ0n) is 14.3. The molecular formula is C17H32N4O2. The second kappa shape index (κ2) is 8.42. The number of carbonyl (C=O) groups is 1. The highest BCUT2D eigenvalue weighted by Crippen LogP contribution is 2.20. The van der Waals surface area contributed by atoms with Crippen LogP contribution < -0.4 is 5.32 Å². The molecule has 3 aliphatic rings. The molecule has 3 saturated heterocycles. The SMILES string of the molecule is O=C(O)CN1CCC(N2CCN(CC3CCNCC3)CC2)CC1. The van der Waals surface area contributed by atoms with E-state index in [1.165, 1.54) is 58.7 Å². The molecule has 0 aromatic heterocycles. The molecule has 132 valence electrons. The standard InChI is InChI=1S/C17H32N4O2/c22-17(23)14-19-7-3-16(4-8-19)21-11-9-20(10-12-21)13-15-1-5-18-6-2-15/h15-16,18H,1-14H2,(H,22,23). The Morgan fingerprint density at radius 1 is 0.913 bits per heavy atom. The van der Waals surface area contributed by atoms with Gasteiger partial charge in [0.2, 0.25) is 0 Å². The van der Waals surface area contributed by atoms with Gasteiger partial charge in [0, 0.05) is 51.9 Å². The largest absolute Gasteiger partial charge is 0.480 e. The van der Waals surface area contributed by atoms with Gasteiger partial charge in [-0.1, -0.05) is 0 Å². The first-order valence-corrected chi connectivity index (χ1v) is 9.32. The van der Waals surface area contributed by atoms with Crippen LogP contribution in [-0.4, -0.2) is 97.3 Å². The summed E-state index contributed by atoms with van der Waals surface area (Å²) in [4.78, 5) is 18.2. The first-order valence-electron chi connectivity index (χ1n) is 9.32. The lowest BCUT2D eigenvalue weighted by Gasteiger charge is -2.43. The lowest BCUT2D eigenvalue weighted by atomic mass is 9.97. The highest BCUT2D eigenvalue weighted by molar-refractivity contribution is 5.69. The van der Waals surface area contributed by atoms with Crippen molar-refractivity contribution in [3.63, 3.8) is 0 Å². The van der Waals surface area contributed by atoms with Gasteiger partial charge in [0.1, 0.15) is 0 Å². The van der Waals surface area contributed by atoms with Gasteiger partial charge >= 0.3 is 5.97 Å². The maximum atomic E-state index is 10.8. The Morgan fingerprint density at radius 2 is 1.57 bits per heavy atom. The molecule has 0 atom stereocenters. The van der Waals surface area contributed by atoms with Crippen LogP contribution in [0.2, 0.25) is 0 Å². The van der Waals surface area contributed by atoms with Crippen molar-refractivity contribution in [2.45, 2.75) is 31.7 Å². The van der Waals surface area contributed by atoms with Gasteiger partial charge in [-0.15, -0.1) is 0 Å². The van der Waals surface area contributed by atoms with Crippen LogP contribution in [0.5, 0.6) is 0 Å². The predicted octanol–water partition coefficient (Wildman–Crippen LogP) is 0.153. The smallest absolute Gasteiger partial charge is 0.317 e. The van der Waals surface area contributed by atoms with E-state index < -0.39 is 5.97 Å². The molecule has 3 fully saturated rings. The average Bonchev–Trinajstić information content (AvgIpc) is 2.57. The van der Waals surface area contributed by atoms with Gasteiger partial charge < -0.3 is 15.3 Å². The second-order valence-electron chi connectivity index (χ2n) is 7.43. The topological polar surface area (TPSA) is 59.1 Å². The van der Waals surface area contributed by atoms with Gasteiger partial charge in [-0.05, 0) is 44.7 Å². The molecule has 0 bridgehead atoms. The summed E-state index contributed by atoms with van der Waals surface area (Å²) in [6.45, 7) is 10.5. The van der Waals surface area contributed by atoms with Crippen molar-refractivity contribution in [3.05, 3.63) is 0 Å². The lowest BCUT2D eigenvalue weighted by molar-refractivity contribution is -0.138. The Morgan fingerprint density at radius 3 is 2.17 bits per heavy atom. The molecule has 3 aliphatic heterocycles. The quantitative estimate of drug-likeness (QED) is 0.751. The minimum absolute atomic E-state index is 0.205. The van der Waals surface area contributed by atoms with Gasteiger partial charge in [-0.2, -0.15) is 0 Å². The first-order chi connectivity index (χ1) is 11.2. The number of aliphatic carboxylic acids is 1. The third-order valence-electron chi connectivity index (χ3n) is 5.81. The molecule has 0 aromatic carbocycles. The molecular weight excluding hydrogens is 292 g/mol. The number of nitrogens with zero attached hydrogens (tertiary/aromatic N) is 3. The van der Waals surface area contributed by atoms with E-state index in [0.29, 0.717) is 6.04 Å². The Balaban J connectivity index is 1.35. The van der Waals surface area contributed by atoms with Crippen LogP contribution in [0.3, 0.4) is 0 Å². The average molecular weight is 324 g/mol. The van der Waals surface area contributed by atoms with E-state index in [1.54, 1.807) is 0 Å². The molecule has 3 rings (SSSR count). The fraction of sp³-hybridized carbons (Fsp3) is 0.941. The highest BCUT2D eigenvalue weighted by atomic mass is 16.4. The van der Waals surface area contributed by atoms with E-state index >= 15 is 0 Å². The number of piperazine rings is 1. The summed E-state index contributed by atoms with van der Waals surface area (Å²) in [5.41, 5.74) is 0. The molecule has 6 heteroatoms. The summed E-state index contributed by atoms with van der Waals surface area (Å²) in [6, 6.07) is 0.668. The van der Waals surface area contributed by atoms with E-state index in [9.17, 15) is 4.79 Å². The van der Waals surface area contributed by atoms with E-state index in [0.717, 1.165) is 31.8 Å². The van der Waals surface area contributed by atoms with E-state index in [2.05, 4.69) is 20.0 Å². The Bertz CT molecular complexity index is 371. The molecule has 0 aliphatic carbocycles. The van der Waals surface area contributed by atoms with E-state index in [1.807, 2.05) is 0 Å². The fourth-order valence-electron chi connectivity index (χ4n) is 4.37. The highest BCUT2D eigenvalue weighted by Gasteiger charge is 2.28. The normalized spacial score (nSPS) is 27.3. The second-order valence-corrected chi connectivity index (χ2v) is 7.43. The van der Waals surface area contributed by atoms with Crippen molar-refractivity contribution in [2.75, 3.05) is 65.4 Å². The maximum absolute atomic E-state index is 10.8. The third-order valence-corrected chi connectivity index (χ3v) is 5.81. The molecule has 0 spiro atoms. The monoisotopic (exact) mass is 324 g/mol. The molecule has 0 unspecified atom stereocenters. The number of nitrogens with one attached hydrogen (secondary N) is 1. The van der Waals surface area contributed by atoms with Crippen molar-refractivity contribution >= 4 is 5.97 Å². The Hall–Kier alpha value is -0.690. The van der Waals surface area contributed by atoms with Crippen LogP contribution in [0.15, 0.2) is 0 Å². The van der Waals surface area contributed by atoms with Crippen LogP contribution in [-0.2, 0) is 4.79 Å². The van der Waals surface area contributed by atoms with Gasteiger partial charge in [0.05, 0.1) is 6.54 Å². The molecule has 2 N–H and O–H groups in total. The van der Waals surface area contributed by atoms with Crippen molar-refractivity contribution in [1.29, 1.82) is 0 Å². The molecule has 23 heavy (non-hydrogen) atoms. The summed E-state index contributed by atoms with van der Waals surface area (Å²) in [7, 11) is 0. The van der Waals surface area contributed by atoms with Gasteiger partial charge in [0.25, 0.3) is 0 Å². The fourth-order valence-corrected chi connectivity index (χ4v) is 4.37. The summed E-state index contributed by atoms with van der Waals surface area (Å²) in [6.07, 6.45) is 4.92. The number of hydrogen-bond donors (Lipinski definition) is 2. The number of likely N-dealkylation sites (tertiary alicyclic amines) is 1. The molecule has 0 saturated carbocycles. The van der Waals surface area contributed by atoms with Crippen LogP contribution in [0.25, 0.3) is 0 Å². The zero-order chi connectivity index (χ0) is 16.1. The van der Waals surface area contributed by atoms with Crippen molar-refractivity contribution < 1.29 is 9.90 Å². The number of carboxylic acids is 1. The van der Waals surface area contributed by atoms with Crippen LogP contribution >= 0.6 is 0 Å².